The highest BCUT2D eigenvalue weighted by molar-refractivity contribution is 7.98. The van der Waals surface area contributed by atoms with Crippen LogP contribution in [0.2, 0.25) is 0 Å². The molecule has 1 aromatic carbocycles. The maximum Gasteiger partial charge on any atom is 0.305 e. The number of aliphatic carboxylic acids is 1. The van der Waals surface area contributed by atoms with Gasteiger partial charge in [-0.2, -0.15) is 0 Å². The van der Waals surface area contributed by atoms with Crippen molar-refractivity contribution in [2.24, 2.45) is 0 Å². The lowest BCUT2D eigenvalue weighted by atomic mass is 10.0. The molecule has 1 atom stereocenters. The Morgan fingerprint density at radius 1 is 1.30 bits per heavy atom. The quantitative estimate of drug-likeness (QED) is 0.630. The number of amides is 1. The van der Waals surface area contributed by atoms with Crippen LogP contribution in [0.15, 0.2) is 47.8 Å². The van der Waals surface area contributed by atoms with Crippen molar-refractivity contribution in [1.82, 2.24) is 14.7 Å². The number of fused-ring (bicyclic) bond motifs is 1. The summed E-state index contributed by atoms with van der Waals surface area (Å²) < 4.78 is 29.0. The monoisotopic (exact) mass is 391 g/mol. The first kappa shape index (κ1) is 18.8. The number of nitrogens with one attached hydrogen (secondary N) is 1. The fraction of sp³-hybridized carbons (Fsp3) is 0.167. The Morgan fingerprint density at radius 3 is 2.74 bits per heavy atom. The fourth-order valence-electron chi connectivity index (χ4n) is 2.74. The summed E-state index contributed by atoms with van der Waals surface area (Å²) in [7, 11) is 0. The van der Waals surface area contributed by atoms with Crippen LogP contribution in [-0.4, -0.2) is 32.6 Å². The topological polar surface area (TPSA) is 83.7 Å². The van der Waals surface area contributed by atoms with E-state index in [4.69, 9.17) is 5.11 Å². The van der Waals surface area contributed by atoms with Gasteiger partial charge in [0.25, 0.3) is 5.91 Å². The molecule has 2 N–H and O–H groups in total. The molecular weight excluding hydrogens is 376 g/mol. The highest BCUT2D eigenvalue weighted by Gasteiger charge is 2.25. The third kappa shape index (κ3) is 3.92. The second-order valence-electron chi connectivity index (χ2n) is 5.69. The number of carboxylic acids is 1. The molecule has 0 bridgehead atoms. The summed E-state index contributed by atoms with van der Waals surface area (Å²) in [6.07, 6.45) is 3.00. The molecule has 3 rings (SSSR count). The average Bonchev–Trinajstić information content (AvgIpc) is 3.00. The summed E-state index contributed by atoms with van der Waals surface area (Å²) in [5, 5.41) is 12.2. The van der Waals surface area contributed by atoms with Crippen molar-refractivity contribution >= 4 is 29.2 Å². The molecule has 1 amide bonds. The predicted octanol–water partition coefficient (Wildman–Crippen LogP) is 3.28. The second-order valence-corrected chi connectivity index (χ2v) is 6.47. The summed E-state index contributed by atoms with van der Waals surface area (Å²) >= 11 is 1.34. The maximum absolute atomic E-state index is 14.1. The number of benzene rings is 1. The number of aromatic nitrogens is 2. The third-order valence-electron chi connectivity index (χ3n) is 3.94. The van der Waals surface area contributed by atoms with Gasteiger partial charge < -0.3 is 10.4 Å². The molecule has 0 aliphatic carbocycles. The molecular formula is C18H15F2N3O3S. The normalized spacial score (nSPS) is 12.1. The van der Waals surface area contributed by atoms with E-state index in [1.54, 1.807) is 28.8 Å². The van der Waals surface area contributed by atoms with Crippen molar-refractivity contribution in [3.63, 3.8) is 0 Å². The van der Waals surface area contributed by atoms with Gasteiger partial charge in [0.15, 0.2) is 10.9 Å². The largest absolute Gasteiger partial charge is 0.481 e. The number of pyridine rings is 1. The van der Waals surface area contributed by atoms with Crippen molar-refractivity contribution < 1.29 is 23.5 Å². The minimum atomic E-state index is -1.23. The van der Waals surface area contributed by atoms with Crippen LogP contribution in [0.1, 0.15) is 28.5 Å². The van der Waals surface area contributed by atoms with E-state index < -0.39 is 36.0 Å². The number of hydrogen-bond acceptors (Lipinski definition) is 4. The molecule has 0 saturated heterocycles. The lowest BCUT2D eigenvalue weighted by molar-refractivity contribution is -0.137. The van der Waals surface area contributed by atoms with Crippen molar-refractivity contribution in [2.45, 2.75) is 17.6 Å². The van der Waals surface area contributed by atoms with Gasteiger partial charge in [0.2, 0.25) is 0 Å². The maximum atomic E-state index is 14.1. The smallest absolute Gasteiger partial charge is 0.305 e. The molecule has 0 aliphatic rings. The number of halogens is 2. The average molecular weight is 391 g/mol. The first-order chi connectivity index (χ1) is 12.9. The van der Waals surface area contributed by atoms with Gasteiger partial charge in [-0.1, -0.05) is 23.9 Å². The van der Waals surface area contributed by atoms with E-state index in [2.05, 4.69) is 10.3 Å². The first-order valence-corrected chi connectivity index (χ1v) is 9.12. The summed E-state index contributed by atoms with van der Waals surface area (Å²) in [6, 6.07) is 6.84. The number of hydrogen-bond donors (Lipinski definition) is 2. The van der Waals surface area contributed by atoms with Crippen LogP contribution in [0.3, 0.4) is 0 Å². The van der Waals surface area contributed by atoms with E-state index >= 15 is 0 Å². The molecule has 140 valence electrons. The molecule has 0 radical (unpaired) electrons. The summed E-state index contributed by atoms with van der Waals surface area (Å²) in [5.74, 6) is -3.60. The number of thioether (sulfide) groups is 1. The van der Waals surface area contributed by atoms with Gasteiger partial charge in [-0.15, -0.1) is 0 Å². The third-order valence-corrected chi connectivity index (χ3v) is 4.59. The zero-order valence-corrected chi connectivity index (χ0v) is 15.0. The minimum Gasteiger partial charge on any atom is -0.481 e. The van der Waals surface area contributed by atoms with Gasteiger partial charge >= 0.3 is 5.97 Å². The van der Waals surface area contributed by atoms with Gasteiger partial charge in [0.05, 0.1) is 18.0 Å². The Balaban J connectivity index is 1.97. The van der Waals surface area contributed by atoms with Crippen LogP contribution in [-0.2, 0) is 4.79 Å². The molecule has 0 saturated carbocycles. The molecule has 2 aromatic heterocycles. The van der Waals surface area contributed by atoms with Crippen molar-refractivity contribution in [1.29, 1.82) is 0 Å². The summed E-state index contributed by atoms with van der Waals surface area (Å²) in [4.78, 5) is 28.2. The SMILES string of the molecule is CSc1nc(C(=O)NC(CC(=O)O)c2ccc(F)cc2F)c2ccccn12. The molecule has 0 spiro atoms. The number of imidazole rings is 1. The Hall–Kier alpha value is -2.94. The number of nitrogens with zero attached hydrogens (tertiary/aromatic N) is 2. The Morgan fingerprint density at radius 2 is 2.07 bits per heavy atom. The van der Waals surface area contributed by atoms with Crippen LogP contribution in [0.4, 0.5) is 8.78 Å². The molecule has 6 nitrogen and oxygen atoms in total. The highest BCUT2D eigenvalue weighted by Crippen LogP contribution is 2.24. The van der Waals surface area contributed by atoms with E-state index in [1.807, 2.05) is 6.26 Å². The van der Waals surface area contributed by atoms with Crippen molar-refractivity contribution in [2.75, 3.05) is 6.26 Å². The minimum absolute atomic E-state index is 0.0952. The van der Waals surface area contributed by atoms with E-state index in [1.165, 1.54) is 11.8 Å². The predicted molar refractivity (Wildman–Crippen MR) is 95.8 cm³/mol. The number of carboxylic acid groups (broad SMARTS) is 1. The zero-order valence-electron chi connectivity index (χ0n) is 14.1. The molecule has 2 heterocycles. The van der Waals surface area contributed by atoms with Gasteiger partial charge in [-0.05, 0) is 24.5 Å². The fourth-order valence-corrected chi connectivity index (χ4v) is 3.28. The Labute approximate surface area is 157 Å². The Kier molecular flexibility index (Phi) is 5.41. The van der Waals surface area contributed by atoms with Gasteiger partial charge in [0.1, 0.15) is 11.6 Å². The van der Waals surface area contributed by atoms with Crippen molar-refractivity contribution in [3.8, 4) is 0 Å². The summed E-state index contributed by atoms with van der Waals surface area (Å²) in [5.41, 5.74) is 0.520. The zero-order chi connectivity index (χ0) is 19.6. The molecule has 1 unspecified atom stereocenters. The van der Waals surface area contributed by atoms with E-state index in [0.717, 1.165) is 12.1 Å². The number of rotatable bonds is 6. The lowest BCUT2D eigenvalue weighted by Crippen LogP contribution is -2.31. The summed E-state index contributed by atoms with van der Waals surface area (Å²) in [6.45, 7) is 0. The molecule has 3 aromatic rings. The van der Waals surface area contributed by atoms with Crippen LogP contribution in [0.25, 0.3) is 5.52 Å². The van der Waals surface area contributed by atoms with E-state index in [9.17, 15) is 18.4 Å². The molecule has 9 heteroatoms. The van der Waals surface area contributed by atoms with Gasteiger partial charge in [0, 0.05) is 17.8 Å². The first-order valence-electron chi connectivity index (χ1n) is 7.89. The van der Waals surface area contributed by atoms with Gasteiger partial charge in [-0.3, -0.25) is 14.0 Å². The molecule has 27 heavy (non-hydrogen) atoms. The van der Waals surface area contributed by atoms with Crippen LogP contribution in [0, 0.1) is 11.6 Å². The van der Waals surface area contributed by atoms with Crippen LogP contribution in [0.5, 0.6) is 0 Å². The van der Waals surface area contributed by atoms with E-state index in [-0.39, 0.29) is 11.3 Å². The highest BCUT2D eigenvalue weighted by atomic mass is 32.2. The molecule has 0 fully saturated rings. The van der Waals surface area contributed by atoms with Gasteiger partial charge in [-0.25, -0.2) is 13.8 Å². The van der Waals surface area contributed by atoms with Crippen LogP contribution < -0.4 is 5.32 Å². The van der Waals surface area contributed by atoms with Crippen molar-refractivity contribution in [3.05, 3.63) is 65.5 Å². The second kappa shape index (κ2) is 7.75. The molecule has 0 aliphatic heterocycles. The number of carbonyl (C=O) groups excluding carboxylic acids is 1. The number of carbonyl (C=O) groups is 2. The lowest BCUT2D eigenvalue weighted by Gasteiger charge is -2.17. The standard InChI is InChI=1S/C18H15F2N3O3S/c1-27-18-22-16(14-4-2-3-7-23(14)18)17(26)21-13(9-15(24)25)11-6-5-10(19)8-12(11)20/h2-8,13H,9H2,1H3,(H,21,26)(H,24,25). The Bertz CT molecular complexity index is 1020. The van der Waals surface area contributed by atoms with E-state index in [0.29, 0.717) is 16.7 Å². The van der Waals surface area contributed by atoms with Crippen LogP contribution >= 0.6 is 11.8 Å².